The minimum Gasteiger partial charge on any atom is -0.457 e. The molecule has 1 aromatic carbocycles. The number of ether oxygens (including phenoxy) is 1. The molecule has 3 aromatic rings. The Hall–Kier alpha value is -3.03. The number of nitrogens with one attached hydrogen (secondary N) is 1. The summed E-state index contributed by atoms with van der Waals surface area (Å²) in [5.41, 5.74) is 8.30. The first-order valence-electron chi connectivity index (χ1n) is 10.7. The Balaban J connectivity index is 1.31. The van der Waals surface area contributed by atoms with E-state index in [4.69, 9.17) is 4.74 Å². The molecule has 5 rings (SSSR count). The molecule has 0 spiro atoms. The third kappa shape index (κ3) is 3.86. The summed E-state index contributed by atoms with van der Waals surface area (Å²) in [7, 11) is 0. The summed E-state index contributed by atoms with van der Waals surface area (Å²) >= 11 is 0. The van der Waals surface area contributed by atoms with Crippen LogP contribution < -0.4 is 5.32 Å². The number of fused-ring (bicyclic) bond motifs is 1. The molecule has 31 heavy (non-hydrogen) atoms. The van der Waals surface area contributed by atoms with Gasteiger partial charge in [-0.2, -0.15) is 0 Å². The fourth-order valence-electron chi connectivity index (χ4n) is 4.69. The van der Waals surface area contributed by atoms with Crippen molar-refractivity contribution in [3.05, 3.63) is 76.1 Å². The number of aromatic nitrogens is 3. The van der Waals surface area contributed by atoms with Crippen molar-refractivity contribution in [2.24, 2.45) is 0 Å². The minimum atomic E-state index is -0.210. The van der Waals surface area contributed by atoms with Gasteiger partial charge in [-0.25, -0.2) is 9.78 Å². The van der Waals surface area contributed by atoms with Crippen LogP contribution in [0.4, 0.5) is 0 Å². The highest BCUT2D eigenvalue weighted by Gasteiger charge is 2.28. The van der Waals surface area contributed by atoms with Gasteiger partial charge >= 0.3 is 5.97 Å². The number of aryl methyl sites for hydroxylation is 2. The highest BCUT2D eigenvalue weighted by atomic mass is 16.5. The summed E-state index contributed by atoms with van der Waals surface area (Å²) in [5.74, 6) is -0.210. The van der Waals surface area contributed by atoms with E-state index in [1.54, 1.807) is 0 Å². The molecule has 1 fully saturated rings. The largest absolute Gasteiger partial charge is 0.457 e. The molecule has 2 aliphatic heterocycles. The van der Waals surface area contributed by atoms with Crippen LogP contribution >= 0.6 is 0 Å². The molecule has 2 aliphatic rings. The zero-order valence-electron chi connectivity index (χ0n) is 18.2. The van der Waals surface area contributed by atoms with Crippen molar-refractivity contribution < 1.29 is 9.53 Å². The van der Waals surface area contributed by atoms with Crippen LogP contribution in [0.15, 0.2) is 36.8 Å². The van der Waals surface area contributed by atoms with Gasteiger partial charge in [-0.05, 0) is 50.1 Å². The van der Waals surface area contributed by atoms with Crippen molar-refractivity contribution in [3.8, 4) is 5.69 Å². The van der Waals surface area contributed by atoms with E-state index >= 15 is 0 Å². The average Bonchev–Trinajstić information content (AvgIpc) is 3.35. The fourth-order valence-corrected chi connectivity index (χ4v) is 4.69. The molecule has 1 saturated heterocycles. The number of piperazine rings is 1. The normalized spacial score (nSPS) is 18.8. The van der Waals surface area contributed by atoms with E-state index in [1.807, 2.05) is 26.2 Å². The van der Waals surface area contributed by atoms with Crippen LogP contribution in [0.1, 0.15) is 50.2 Å². The Kier molecular flexibility index (Phi) is 5.08. The predicted octanol–water partition coefficient (Wildman–Crippen LogP) is 3.01. The molecule has 7 heteroatoms. The Morgan fingerprint density at radius 1 is 1.19 bits per heavy atom. The van der Waals surface area contributed by atoms with Crippen molar-refractivity contribution in [2.45, 2.75) is 40.0 Å². The van der Waals surface area contributed by atoms with Gasteiger partial charge in [0.25, 0.3) is 0 Å². The number of benzene rings is 1. The Morgan fingerprint density at radius 3 is 2.81 bits per heavy atom. The van der Waals surface area contributed by atoms with Gasteiger partial charge in [0.1, 0.15) is 6.61 Å². The standard InChI is InChI=1S/C24H27N5O2/c1-15-8-19(9-16(2)27-15)29-11-18(26-14-29)10-28-7-6-25-23(12-28)20-4-5-21-22(17(20)3)13-31-24(21)30/h4-5,8-9,11,14,23,25H,6-7,10,12-13H2,1-3H3/t23-/m0/s1. The van der Waals surface area contributed by atoms with E-state index in [2.05, 4.69) is 56.1 Å². The zero-order valence-corrected chi connectivity index (χ0v) is 18.2. The first-order valence-corrected chi connectivity index (χ1v) is 10.7. The molecule has 4 heterocycles. The maximum Gasteiger partial charge on any atom is 0.338 e. The van der Waals surface area contributed by atoms with Gasteiger partial charge in [-0.15, -0.1) is 0 Å². The molecule has 0 radical (unpaired) electrons. The van der Waals surface area contributed by atoms with Gasteiger partial charge in [-0.1, -0.05) is 6.07 Å². The monoisotopic (exact) mass is 417 g/mol. The van der Waals surface area contributed by atoms with Crippen molar-refractivity contribution in [1.29, 1.82) is 0 Å². The number of carbonyl (C=O) groups excluding carboxylic acids is 1. The molecule has 0 amide bonds. The minimum absolute atomic E-state index is 0.210. The lowest BCUT2D eigenvalue weighted by molar-refractivity contribution is 0.0535. The summed E-state index contributed by atoms with van der Waals surface area (Å²) in [6.07, 6.45) is 3.99. The Morgan fingerprint density at radius 2 is 2.00 bits per heavy atom. The molecule has 160 valence electrons. The van der Waals surface area contributed by atoms with Gasteiger partial charge in [-0.3, -0.25) is 9.88 Å². The summed E-state index contributed by atoms with van der Waals surface area (Å²) in [6.45, 7) is 10.1. The van der Waals surface area contributed by atoms with Crippen LogP contribution in [0.25, 0.3) is 5.69 Å². The van der Waals surface area contributed by atoms with E-state index in [0.29, 0.717) is 12.2 Å². The number of hydrogen-bond donors (Lipinski definition) is 1. The zero-order chi connectivity index (χ0) is 21.5. The first-order chi connectivity index (χ1) is 15.0. The second-order valence-corrected chi connectivity index (χ2v) is 8.50. The van der Waals surface area contributed by atoms with Crippen LogP contribution in [-0.2, 0) is 17.9 Å². The van der Waals surface area contributed by atoms with Gasteiger partial charge < -0.3 is 14.6 Å². The molecular formula is C24H27N5O2. The number of nitrogens with zero attached hydrogens (tertiary/aromatic N) is 4. The predicted molar refractivity (Wildman–Crippen MR) is 117 cm³/mol. The number of carbonyl (C=O) groups is 1. The van der Waals surface area contributed by atoms with Crippen LogP contribution in [0.2, 0.25) is 0 Å². The van der Waals surface area contributed by atoms with E-state index in [0.717, 1.165) is 60.1 Å². The van der Waals surface area contributed by atoms with Gasteiger partial charge in [0.2, 0.25) is 0 Å². The SMILES string of the molecule is Cc1cc(-n2cnc(CN3CCN[C@H](c4ccc5c(c4C)COC5=O)C3)c2)cc(C)n1. The van der Waals surface area contributed by atoms with E-state index in [-0.39, 0.29) is 12.0 Å². The van der Waals surface area contributed by atoms with Crippen LogP contribution in [0.3, 0.4) is 0 Å². The second kappa shape index (κ2) is 7.90. The lowest BCUT2D eigenvalue weighted by Gasteiger charge is -2.34. The molecule has 1 N–H and O–H groups in total. The number of imidazole rings is 1. The average molecular weight is 418 g/mol. The summed E-state index contributed by atoms with van der Waals surface area (Å²) in [5, 5.41) is 3.64. The van der Waals surface area contributed by atoms with Crippen molar-refractivity contribution >= 4 is 5.97 Å². The smallest absolute Gasteiger partial charge is 0.338 e. The van der Waals surface area contributed by atoms with Crippen LogP contribution in [0.5, 0.6) is 0 Å². The van der Waals surface area contributed by atoms with Crippen molar-refractivity contribution in [1.82, 2.24) is 24.8 Å². The maximum absolute atomic E-state index is 11.8. The topological polar surface area (TPSA) is 72.3 Å². The molecule has 0 bridgehead atoms. The van der Waals surface area contributed by atoms with Gasteiger partial charge in [0.05, 0.1) is 23.3 Å². The quantitative estimate of drug-likeness (QED) is 0.658. The molecule has 1 atom stereocenters. The van der Waals surface area contributed by atoms with Crippen molar-refractivity contribution in [2.75, 3.05) is 19.6 Å². The van der Waals surface area contributed by atoms with E-state index in [1.165, 1.54) is 5.56 Å². The van der Waals surface area contributed by atoms with E-state index in [9.17, 15) is 4.79 Å². The third-order valence-electron chi connectivity index (χ3n) is 6.23. The van der Waals surface area contributed by atoms with Crippen LogP contribution in [0, 0.1) is 20.8 Å². The molecule has 0 saturated carbocycles. The second-order valence-electron chi connectivity index (χ2n) is 8.50. The summed E-state index contributed by atoms with van der Waals surface area (Å²) < 4.78 is 7.28. The molecule has 0 aliphatic carbocycles. The third-order valence-corrected chi connectivity index (χ3v) is 6.23. The molecule has 0 unspecified atom stereocenters. The maximum atomic E-state index is 11.8. The first kappa shape index (κ1) is 19.9. The lowest BCUT2D eigenvalue weighted by Crippen LogP contribution is -2.45. The van der Waals surface area contributed by atoms with Gasteiger partial charge in [0.15, 0.2) is 0 Å². The fraction of sp³-hybridized carbons (Fsp3) is 0.375. The number of cyclic esters (lactones) is 1. The number of pyridine rings is 1. The lowest BCUT2D eigenvalue weighted by atomic mass is 9.93. The van der Waals surface area contributed by atoms with Gasteiger partial charge in [0, 0.05) is 55.4 Å². The van der Waals surface area contributed by atoms with Crippen LogP contribution in [-0.4, -0.2) is 45.0 Å². The highest BCUT2D eigenvalue weighted by molar-refractivity contribution is 5.94. The number of hydrogen-bond acceptors (Lipinski definition) is 6. The Bertz CT molecular complexity index is 1130. The number of rotatable bonds is 4. The highest BCUT2D eigenvalue weighted by Crippen LogP contribution is 2.30. The summed E-state index contributed by atoms with van der Waals surface area (Å²) in [6, 6.07) is 8.36. The molecular weight excluding hydrogens is 390 g/mol. The number of esters is 1. The molecule has 2 aromatic heterocycles. The van der Waals surface area contributed by atoms with Crippen molar-refractivity contribution in [3.63, 3.8) is 0 Å². The molecule has 7 nitrogen and oxygen atoms in total. The Labute approximate surface area is 182 Å². The van der Waals surface area contributed by atoms with E-state index < -0.39 is 0 Å². The summed E-state index contributed by atoms with van der Waals surface area (Å²) in [4.78, 5) is 23.4.